The minimum absolute atomic E-state index is 0.227. The first-order valence-corrected chi connectivity index (χ1v) is 10.8. The summed E-state index contributed by atoms with van der Waals surface area (Å²) in [5, 5.41) is 18.9. The topological polar surface area (TPSA) is 50.9 Å². The molecule has 1 aromatic heterocycles. The maximum Gasteiger partial charge on any atom is 0.163 e. The van der Waals surface area contributed by atoms with Gasteiger partial charge in [0.2, 0.25) is 0 Å². The fourth-order valence-corrected chi connectivity index (χ4v) is 5.54. The molecule has 5 rings (SSSR count). The Balaban J connectivity index is 1.57. The van der Waals surface area contributed by atoms with Crippen LogP contribution in [0.2, 0.25) is 0 Å². The van der Waals surface area contributed by atoms with Crippen molar-refractivity contribution in [3.05, 3.63) is 30.1 Å². The molecule has 0 amide bonds. The van der Waals surface area contributed by atoms with Crippen LogP contribution in [0.4, 0.5) is 0 Å². The summed E-state index contributed by atoms with van der Waals surface area (Å²) in [6.45, 7) is 5.38. The van der Waals surface area contributed by atoms with Gasteiger partial charge in [0.05, 0.1) is 0 Å². The van der Waals surface area contributed by atoms with Crippen molar-refractivity contribution in [3.63, 3.8) is 0 Å². The van der Waals surface area contributed by atoms with E-state index in [0.717, 1.165) is 17.9 Å². The highest BCUT2D eigenvalue weighted by molar-refractivity contribution is 5.56. The Morgan fingerprint density at radius 3 is 2.19 bits per heavy atom. The first-order chi connectivity index (χ1) is 13.1. The van der Waals surface area contributed by atoms with Crippen molar-refractivity contribution >= 4 is 0 Å². The van der Waals surface area contributed by atoms with Crippen LogP contribution >= 0.6 is 0 Å². The van der Waals surface area contributed by atoms with E-state index in [0.29, 0.717) is 11.2 Å². The van der Waals surface area contributed by atoms with Crippen LogP contribution in [0.3, 0.4) is 0 Å². The zero-order chi connectivity index (χ0) is 18.9. The lowest BCUT2D eigenvalue weighted by molar-refractivity contribution is 0.0246. The Morgan fingerprint density at radius 1 is 0.926 bits per heavy atom. The number of benzene rings is 1. The van der Waals surface area contributed by atoms with Crippen molar-refractivity contribution in [3.8, 4) is 17.1 Å². The Hall–Kier alpha value is -1.84. The molecule has 0 unspecified atom stereocenters. The average molecular weight is 368 g/mol. The zero-order valence-corrected chi connectivity index (χ0v) is 16.9. The number of phenols is 1. The second kappa shape index (κ2) is 7.29. The second-order valence-electron chi connectivity index (χ2n) is 8.88. The summed E-state index contributed by atoms with van der Waals surface area (Å²) >= 11 is 0. The molecule has 1 N–H and O–H groups in total. The number of fused-ring (bicyclic) bond motifs is 3. The van der Waals surface area contributed by atoms with E-state index in [4.69, 9.17) is 5.10 Å². The van der Waals surface area contributed by atoms with Crippen LogP contribution in [0.1, 0.15) is 83.9 Å². The summed E-state index contributed by atoms with van der Waals surface area (Å²) in [6.07, 6.45) is 13.4. The average Bonchev–Trinajstić information content (AvgIpc) is 3.15. The van der Waals surface area contributed by atoms with Crippen molar-refractivity contribution in [1.82, 2.24) is 14.8 Å². The molecule has 146 valence electrons. The third-order valence-electron chi connectivity index (χ3n) is 7.38. The van der Waals surface area contributed by atoms with Gasteiger partial charge in [0.25, 0.3) is 0 Å². The van der Waals surface area contributed by atoms with Gasteiger partial charge < -0.3 is 9.67 Å². The van der Waals surface area contributed by atoms with Gasteiger partial charge >= 0.3 is 0 Å². The molecule has 2 bridgehead atoms. The molecule has 0 atom stereocenters. The molecule has 0 saturated heterocycles. The second-order valence-corrected chi connectivity index (χ2v) is 8.88. The molecule has 3 aliphatic rings. The SMILES string of the molecule is CCCCCC12CCC(c3nnc(-c4ccc(O)cc4)n3CC)(CC1)CC2. The number of hydrogen-bond donors (Lipinski definition) is 1. The Labute approximate surface area is 163 Å². The minimum Gasteiger partial charge on any atom is -0.508 e. The molecular weight excluding hydrogens is 334 g/mol. The van der Waals surface area contributed by atoms with Crippen molar-refractivity contribution in [1.29, 1.82) is 0 Å². The molecule has 1 aromatic carbocycles. The third kappa shape index (κ3) is 3.28. The quantitative estimate of drug-likeness (QED) is 0.625. The maximum absolute atomic E-state index is 9.58. The van der Waals surface area contributed by atoms with Crippen LogP contribution in [0.15, 0.2) is 24.3 Å². The van der Waals surface area contributed by atoms with Crippen molar-refractivity contribution in [2.75, 3.05) is 0 Å². The third-order valence-corrected chi connectivity index (χ3v) is 7.38. The van der Waals surface area contributed by atoms with Crippen LogP contribution in [-0.4, -0.2) is 19.9 Å². The maximum atomic E-state index is 9.58. The van der Waals surface area contributed by atoms with Crippen LogP contribution < -0.4 is 0 Å². The van der Waals surface area contributed by atoms with E-state index < -0.39 is 0 Å². The fraction of sp³-hybridized carbons (Fsp3) is 0.652. The highest BCUT2D eigenvalue weighted by atomic mass is 16.3. The standard InChI is InChI=1S/C23H33N3O/c1-3-5-6-11-22-12-15-23(16-13-22,17-14-22)21-25-24-20(26(21)4-2)18-7-9-19(27)10-8-18/h7-10,27H,3-6,11-17H2,1-2H3. The summed E-state index contributed by atoms with van der Waals surface area (Å²) in [4.78, 5) is 0. The summed E-state index contributed by atoms with van der Waals surface area (Å²) in [6, 6.07) is 7.34. The van der Waals surface area contributed by atoms with Crippen molar-refractivity contribution in [2.45, 2.75) is 90.0 Å². The van der Waals surface area contributed by atoms with Gasteiger partial charge in [-0.05, 0) is 81.5 Å². The molecule has 4 nitrogen and oxygen atoms in total. The lowest BCUT2D eigenvalue weighted by Gasteiger charge is -2.53. The number of aromatic hydroxyl groups is 1. The number of aromatic nitrogens is 3. The first-order valence-electron chi connectivity index (χ1n) is 10.8. The van der Waals surface area contributed by atoms with Gasteiger partial charge in [-0.15, -0.1) is 10.2 Å². The highest BCUT2D eigenvalue weighted by Crippen LogP contribution is 2.59. The predicted octanol–water partition coefficient (Wildman–Crippen LogP) is 5.84. The highest BCUT2D eigenvalue weighted by Gasteiger charge is 2.51. The van der Waals surface area contributed by atoms with Gasteiger partial charge in [0.15, 0.2) is 5.82 Å². The van der Waals surface area contributed by atoms with Crippen LogP contribution in [0.25, 0.3) is 11.4 Å². The fourth-order valence-electron chi connectivity index (χ4n) is 5.54. The molecule has 3 fully saturated rings. The molecule has 1 heterocycles. The molecule has 0 radical (unpaired) electrons. The number of nitrogens with zero attached hydrogens (tertiary/aromatic N) is 3. The van der Waals surface area contributed by atoms with Gasteiger partial charge in [0.1, 0.15) is 11.6 Å². The van der Waals surface area contributed by atoms with Gasteiger partial charge in [0, 0.05) is 17.5 Å². The van der Waals surface area contributed by atoms with E-state index >= 15 is 0 Å². The number of hydrogen-bond acceptors (Lipinski definition) is 3. The van der Waals surface area contributed by atoms with E-state index in [1.54, 1.807) is 12.1 Å². The van der Waals surface area contributed by atoms with Crippen LogP contribution in [-0.2, 0) is 12.0 Å². The van der Waals surface area contributed by atoms with E-state index in [2.05, 4.69) is 23.5 Å². The smallest absolute Gasteiger partial charge is 0.163 e. The molecule has 0 spiro atoms. The van der Waals surface area contributed by atoms with E-state index in [1.165, 1.54) is 70.0 Å². The Bertz CT molecular complexity index is 753. The molecular formula is C23H33N3O. The number of phenolic OH excluding ortho intramolecular Hbond substituents is 1. The molecule has 27 heavy (non-hydrogen) atoms. The Morgan fingerprint density at radius 2 is 1.59 bits per heavy atom. The molecule has 3 saturated carbocycles. The largest absolute Gasteiger partial charge is 0.508 e. The Kier molecular flexibility index (Phi) is 5.00. The lowest BCUT2D eigenvalue weighted by Crippen LogP contribution is -2.45. The molecule has 0 aliphatic heterocycles. The summed E-state index contributed by atoms with van der Waals surface area (Å²) in [5.41, 5.74) is 1.88. The summed E-state index contributed by atoms with van der Waals surface area (Å²) in [7, 11) is 0. The zero-order valence-electron chi connectivity index (χ0n) is 16.9. The molecule has 3 aliphatic carbocycles. The summed E-state index contributed by atoms with van der Waals surface area (Å²) < 4.78 is 2.32. The lowest BCUT2D eigenvalue weighted by atomic mass is 9.52. The van der Waals surface area contributed by atoms with Gasteiger partial charge in [-0.25, -0.2) is 0 Å². The first kappa shape index (κ1) is 18.5. The molecule has 4 heteroatoms. The van der Waals surface area contributed by atoms with E-state index in [-0.39, 0.29) is 5.41 Å². The molecule has 2 aromatic rings. The monoisotopic (exact) mass is 367 g/mol. The van der Waals surface area contributed by atoms with Crippen LogP contribution in [0.5, 0.6) is 5.75 Å². The summed E-state index contributed by atoms with van der Waals surface area (Å²) in [5.74, 6) is 2.43. The van der Waals surface area contributed by atoms with Gasteiger partial charge in [-0.3, -0.25) is 0 Å². The minimum atomic E-state index is 0.227. The van der Waals surface area contributed by atoms with Gasteiger partial charge in [-0.2, -0.15) is 0 Å². The number of unbranched alkanes of at least 4 members (excludes halogenated alkanes) is 2. The predicted molar refractivity (Wildman–Crippen MR) is 109 cm³/mol. The van der Waals surface area contributed by atoms with Crippen molar-refractivity contribution in [2.24, 2.45) is 5.41 Å². The van der Waals surface area contributed by atoms with Crippen LogP contribution in [0, 0.1) is 5.41 Å². The number of rotatable bonds is 7. The normalized spacial score (nSPS) is 27.2. The van der Waals surface area contributed by atoms with E-state index in [9.17, 15) is 5.11 Å². The van der Waals surface area contributed by atoms with E-state index in [1.807, 2.05) is 12.1 Å². The van der Waals surface area contributed by atoms with Gasteiger partial charge in [-0.1, -0.05) is 26.2 Å². The van der Waals surface area contributed by atoms with Crippen molar-refractivity contribution < 1.29 is 5.11 Å².